The number of hydrogen-bond acceptors (Lipinski definition) is 18. The standard InChI is InChI=1S/C8H4Br2F4S.C8H4BrClF4O2S2.C8H4BrF5O2S2.C8H5BrF4O2S2.2C6H5BrS.C2Br2F4.CH4O.CH4.Cl2.FH.3K.3Na.O4S2.H2O/c9-5-1-3-6(4-2-5)15-8(13,14)7(10,11)12;9-5-1-3-6(4-2-5)17-7(11,12)8(13,14)18(10,15)16;9-5-1-3-6(4-2-5)17-7(10,11)8(12,13)18(14,15)16;9-5-1-3-6(4-2-5)16-7(10,11)8(12,13)17(14)15;2*7-5-1-3-6(8)4-2-5;3-1(5,6)2(4,7)8;1-2;;1-2;;;;;;;;1-5(2)6(3)4;/h1-4H;2*1-4H;1-4H,(H,14,15);2*1-4,8H;;2H,1H3;1H4;;1H;;;;;;;;1H2/q;;;;;;;;;;;3*+1;;;+1;;/p-4. The Hall–Kier alpha value is 8.42. The monoisotopic (exact) mass is 2570 g/mol. The van der Waals surface area contributed by atoms with Crippen molar-refractivity contribution in [2.75, 3.05) is 7.11 Å². The molecule has 0 amide bonds. The molecular formula is C48H34Br9Cl3F22K3Na3O12S11. The van der Waals surface area contributed by atoms with Gasteiger partial charge in [-0.1, -0.05) is 119 Å². The van der Waals surface area contributed by atoms with E-state index in [1.54, 1.807) is 15.9 Å². The van der Waals surface area contributed by atoms with Crippen LogP contribution in [0.3, 0.4) is 0 Å². The predicted molar refractivity (Wildman–Crippen MR) is 409 cm³/mol. The summed E-state index contributed by atoms with van der Waals surface area (Å²) in [5.41, 5.74) is 0. The molecule has 2 N–H and O–H groups in total. The topological polar surface area (TPSA) is 227 Å². The van der Waals surface area contributed by atoms with Gasteiger partial charge in [0.05, 0.1) is 0 Å². The Morgan fingerprint density at radius 1 is 0.432 bits per heavy atom. The molecule has 0 saturated carbocycles. The van der Waals surface area contributed by atoms with Crippen LogP contribution in [0.4, 0.5) is 91.7 Å². The Balaban J connectivity index is -0.000000101. The maximum atomic E-state index is 13.2. The maximum Gasteiger partial charge on any atom is 0.0174 e. The molecule has 0 saturated heterocycles. The van der Waals surface area contributed by atoms with E-state index in [1.165, 1.54) is 148 Å². The van der Waals surface area contributed by atoms with Crippen LogP contribution < -0.4 is 188 Å². The molecular weight excluding hydrogens is 2550 g/mol. The Bertz CT molecular complexity index is 3820. The van der Waals surface area contributed by atoms with Crippen molar-refractivity contribution in [1.82, 2.24) is 0 Å². The number of benzene rings is 6. The van der Waals surface area contributed by atoms with Crippen LogP contribution in [0.1, 0.15) is 7.43 Å². The third-order valence-corrected chi connectivity index (χ3v) is 22.9. The average molecular weight is 2590 g/mol. The Morgan fingerprint density at radius 2 is 0.622 bits per heavy atom. The second kappa shape index (κ2) is 69.4. The number of thioether (sulfide) groups is 4. The molecule has 0 aliphatic heterocycles. The van der Waals surface area contributed by atoms with Crippen LogP contribution in [0.5, 0.6) is 0 Å². The molecule has 0 radical (unpaired) electrons. The summed E-state index contributed by atoms with van der Waals surface area (Å²) in [5.74, 6) is 0. The number of rotatable bonds is 16. The molecule has 6 rings (SSSR count). The molecule has 6 aromatic rings. The third kappa shape index (κ3) is 61.6. The van der Waals surface area contributed by atoms with Gasteiger partial charge in [0.25, 0.3) is 0 Å². The second-order valence-electron chi connectivity index (χ2n) is 15.8. The fraction of sp³-hybridized carbons (Fsp3) is 0.250. The van der Waals surface area contributed by atoms with Crippen molar-refractivity contribution in [3.05, 3.63) is 172 Å². The van der Waals surface area contributed by atoms with Gasteiger partial charge in [-0.2, -0.15) is 118 Å². The van der Waals surface area contributed by atoms with Crippen molar-refractivity contribution in [2.24, 2.45) is 0 Å². The van der Waals surface area contributed by atoms with Gasteiger partial charge in [0.15, 0.2) is 0 Å². The van der Waals surface area contributed by atoms with Gasteiger partial charge in [-0.3, -0.25) is 4.21 Å². The largest absolute Gasteiger partial charge is 0.870 e. The molecule has 0 fully saturated rings. The van der Waals surface area contributed by atoms with E-state index in [4.69, 9.17) is 34.6 Å². The molecule has 1 unspecified atom stereocenters. The molecule has 0 bridgehead atoms. The number of aliphatic hydroxyl groups is 1. The average Bonchev–Trinajstić information content (AvgIpc) is 0.783. The fourth-order valence-corrected chi connectivity index (χ4v) is 11.4. The molecule has 12 nitrogen and oxygen atoms in total. The molecule has 63 heteroatoms. The van der Waals surface area contributed by atoms with Crippen LogP contribution in [0.15, 0.2) is 202 Å². The fourth-order valence-electron chi connectivity index (χ4n) is 4.10. The molecule has 1 atom stereocenters. The van der Waals surface area contributed by atoms with Gasteiger partial charge >= 0.3 is 316 Å². The van der Waals surface area contributed by atoms with E-state index in [2.05, 4.69) is 141 Å². The van der Waals surface area contributed by atoms with Crippen molar-refractivity contribution in [3.63, 3.8) is 0 Å². The van der Waals surface area contributed by atoms with E-state index >= 15 is 0 Å². The predicted octanol–water partition coefficient (Wildman–Crippen LogP) is 9.47. The van der Waals surface area contributed by atoms with Crippen molar-refractivity contribution in [2.45, 2.75) is 88.1 Å². The van der Waals surface area contributed by atoms with Gasteiger partial charge < -0.3 is 32.5 Å². The zero-order valence-electron chi connectivity index (χ0n) is 54.2. The van der Waals surface area contributed by atoms with E-state index in [0.717, 1.165) is 50.1 Å². The van der Waals surface area contributed by atoms with Crippen molar-refractivity contribution in [1.29, 1.82) is 0 Å². The summed E-state index contributed by atoms with van der Waals surface area (Å²) in [5, 5.41) is -28.2. The third-order valence-electron chi connectivity index (χ3n) is 8.48. The van der Waals surface area contributed by atoms with E-state index < -0.39 is 135 Å². The van der Waals surface area contributed by atoms with Gasteiger partial charge in [0.2, 0.25) is 0 Å². The minimum Gasteiger partial charge on any atom is -0.870 e. The van der Waals surface area contributed by atoms with E-state index in [0.29, 0.717) is 17.9 Å². The first-order valence-corrected chi connectivity index (χ1v) is 51.9. The normalized spacial score (nSPS) is 11.4. The molecule has 0 spiro atoms. The number of alkyl halides is 23. The quantitative estimate of drug-likeness (QED) is 0.0134. The summed E-state index contributed by atoms with van der Waals surface area (Å²) in [7, 11) is -4.79. The Morgan fingerprint density at radius 3 is 0.784 bits per heavy atom. The van der Waals surface area contributed by atoms with Gasteiger partial charge in [0.1, 0.15) is 0 Å². The molecule has 0 aliphatic rings. The van der Waals surface area contributed by atoms with Crippen LogP contribution in [-0.4, -0.2) is 155 Å². The second-order valence-corrected chi connectivity index (χ2v) is 37.4. The van der Waals surface area contributed by atoms with Gasteiger partial charge in [0, 0.05) is 102 Å². The first-order chi connectivity index (χ1) is 46.8. The molecule has 0 heterocycles. The molecule has 0 aliphatic carbocycles. The van der Waals surface area contributed by atoms with Crippen LogP contribution >= 0.6 is 235 Å². The maximum absolute atomic E-state index is 13.2. The molecule has 6 aromatic carbocycles. The zero-order chi connectivity index (χ0) is 83.5. The number of aliphatic hydroxyl groups excluding tert-OH is 1. The van der Waals surface area contributed by atoms with Crippen molar-refractivity contribution >= 4 is 341 Å². The summed E-state index contributed by atoms with van der Waals surface area (Å²) < 4.78 is 366. The summed E-state index contributed by atoms with van der Waals surface area (Å²) in [6.07, 6.45) is 0. The first-order valence-electron chi connectivity index (χ1n) is 24.1. The summed E-state index contributed by atoms with van der Waals surface area (Å²) in [4.78, 5) is -11.3. The van der Waals surface area contributed by atoms with Crippen LogP contribution in [0.2, 0.25) is 0 Å². The minimum atomic E-state index is -6.70. The molecule has 111 heavy (non-hydrogen) atoms. The Kier molecular flexibility index (Phi) is 90.7. The first kappa shape index (κ1) is 145. The number of halogens is 34. The van der Waals surface area contributed by atoms with Crippen molar-refractivity contribution in [3.8, 4) is 0 Å². The van der Waals surface area contributed by atoms with Gasteiger partial charge in [-0.15, -0.1) is 12.6 Å². The number of hydrogen-bond donors (Lipinski definition) is 2. The minimum absolute atomic E-state index is 0. The van der Waals surface area contributed by atoms with Crippen LogP contribution in [0, 0.1) is 0 Å². The van der Waals surface area contributed by atoms with Crippen LogP contribution in [-0.2, 0) is 61.5 Å². The van der Waals surface area contributed by atoms with E-state index in [9.17, 15) is 117 Å². The van der Waals surface area contributed by atoms with E-state index in [1.807, 2.05) is 48.5 Å². The molecule has 608 valence electrons. The Labute approximate surface area is 921 Å². The van der Waals surface area contributed by atoms with Gasteiger partial charge in [-0.25, -0.2) is 8.42 Å². The smallest absolute Gasteiger partial charge is 0.0174 e. The summed E-state index contributed by atoms with van der Waals surface area (Å²) >= 11 is 29.0. The summed E-state index contributed by atoms with van der Waals surface area (Å²) in [6, 6.07) is 35.9. The SMILES string of the molecule is C.CO.ClCl.FC(F)(Br)C(F)(F)Br.FC(F)(Br)C(F)(F)Sc1ccc(Br)cc1.O=S(=O)(Cl)C(F)(F)C(F)(F)Sc1ccc(Br)cc1.O=S(=O)(F)C(F)(F)C(F)(F)Sc1ccc(Br)cc1.O=S(=O)=S(=O)=O.O=S([O-])C(F)(F)C(F)(F)Sc1ccc(Br)cc1.Sc1ccc(Br)cc1.[F-].[K+].[K+].[K+].[Na+].[Na][Na].[OH-].[S-]c1ccc(Br)cc1. The van der Waals surface area contributed by atoms with Crippen molar-refractivity contribution < 1.29 is 333 Å². The number of thiol groups is 1. The zero-order valence-corrected chi connectivity index (χ0v) is 95.2. The van der Waals surface area contributed by atoms with Gasteiger partial charge in [-0.05, 0) is 228 Å². The van der Waals surface area contributed by atoms with E-state index in [-0.39, 0.29) is 233 Å². The van der Waals surface area contributed by atoms with Crippen LogP contribution in [0.25, 0.3) is 0 Å². The molecule has 0 aromatic heterocycles. The summed E-state index contributed by atoms with van der Waals surface area (Å²) in [6.45, 7) is 0.